The molecule has 0 amide bonds. The molecule has 0 saturated carbocycles. The molecule has 15 heavy (non-hydrogen) atoms. The summed E-state index contributed by atoms with van der Waals surface area (Å²) in [6.07, 6.45) is 0. The zero-order valence-electron chi connectivity index (χ0n) is 9.09. The molecule has 0 aliphatic carbocycles. The highest BCUT2D eigenvalue weighted by Gasteiger charge is 2.22. The minimum absolute atomic E-state index is 0.292. The predicted molar refractivity (Wildman–Crippen MR) is 64.4 cm³/mol. The molecule has 0 saturated heterocycles. The average Bonchev–Trinajstić information content (AvgIpc) is 2.22. The van der Waals surface area contributed by atoms with Gasteiger partial charge in [0.2, 0.25) is 0 Å². The van der Waals surface area contributed by atoms with Crippen molar-refractivity contribution >= 4 is 17.3 Å². The van der Waals surface area contributed by atoms with Gasteiger partial charge in [-0.25, -0.2) is 0 Å². The van der Waals surface area contributed by atoms with E-state index in [0.29, 0.717) is 18.2 Å². The van der Waals surface area contributed by atoms with Crippen molar-refractivity contribution in [2.24, 2.45) is 5.73 Å². The summed E-state index contributed by atoms with van der Waals surface area (Å²) in [4.78, 5) is 0. The van der Waals surface area contributed by atoms with Gasteiger partial charge in [0.1, 0.15) is 0 Å². The van der Waals surface area contributed by atoms with Crippen LogP contribution in [0.2, 0.25) is 5.02 Å². The molecule has 0 spiro atoms. The number of hydrogen-bond acceptors (Lipinski definition) is 3. The van der Waals surface area contributed by atoms with Crippen LogP contribution < -0.4 is 11.1 Å². The lowest BCUT2D eigenvalue weighted by molar-refractivity contribution is 0.153. The van der Waals surface area contributed by atoms with Crippen LogP contribution in [0, 0.1) is 0 Å². The Hall–Kier alpha value is -0.770. The Kier molecular flexibility index (Phi) is 4.39. The summed E-state index contributed by atoms with van der Waals surface area (Å²) >= 11 is 6.04. The van der Waals surface area contributed by atoms with E-state index in [2.05, 4.69) is 5.32 Å². The van der Waals surface area contributed by atoms with Crippen LogP contribution in [0.4, 0.5) is 5.69 Å². The molecular formula is C11H17ClN2O. The van der Waals surface area contributed by atoms with E-state index in [9.17, 15) is 0 Å². The maximum atomic E-state index is 6.04. The summed E-state index contributed by atoms with van der Waals surface area (Å²) in [6, 6.07) is 7.58. The van der Waals surface area contributed by atoms with Gasteiger partial charge in [0.25, 0.3) is 0 Å². The summed E-state index contributed by atoms with van der Waals surface area (Å²) in [7, 11) is 1.65. The second-order valence-corrected chi connectivity index (χ2v) is 4.21. The summed E-state index contributed by atoms with van der Waals surface area (Å²) in [5, 5.41) is 3.98. The van der Waals surface area contributed by atoms with E-state index in [0.717, 1.165) is 5.69 Å². The van der Waals surface area contributed by atoms with Gasteiger partial charge < -0.3 is 15.8 Å². The first-order valence-electron chi connectivity index (χ1n) is 4.83. The van der Waals surface area contributed by atoms with E-state index in [4.69, 9.17) is 22.1 Å². The fourth-order valence-electron chi connectivity index (χ4n) is 1.35. The van der Waals surface area contributed by atoms with E-state index in [-0.39, 0.29) is 5.54 Å². The number of anilines is 1. The van der Waals surface area contributed by atoms with Crippen molar-refractivity contribution in [1.82, 2.24) is 0 Å². The fourth-order valence-corrected chi connectivity index (χ4v) is 1.54. The Bertz CT molecular complexity index is 319. The molecule has 0 aliphatic rings. The molecular weight excluding hydrogens is 212 g/mol. The number of halogens is 1. The third-order valence-corrected chi connectivity index (χ3v) is 2.55. The Labute approximate surface area is 95.6 Å². The smallest absolute Gasteiger partial charge is 0.0702 e. The molecule has 3 N–H and O–H groups in total. The van der Waals surface area contributed by atoms with Crippen LogP contribution in [0.1, 0.15) is 6.92 Å². The van der Waals surface area contributed by atoms with E-state index in [1.807, 2.05) is 31.2 Å². The van der Waals surface area contributed by atoms with E-state index in [1.54, 1.807) is 7.11 Å². The Morgan fingerprint density at radius 3 is 2.67 bits per heavy atom. The zero-order chi connectivity index (χ0) is 11.3. The monoisotopic (exact) mass is 228 g/mol. The SMILES string of the molecule is COCC(C)(CN)Nc1ccccc1Cl. The Balaban J connectivity index is 2.79. The molecule has 0 bridgehead atoms. The summed E-state index contributed by atoms with van der Waals surface area (Å²) in [5.74, 6) is 0. The van der Waals surface area contributed by atoms with Crippen molar-refractivity contribution in [3.63, 3.8) is 0 Å². The molecule has 0 heterocycles. The van der Waals surface area contributed by atoms with E-state index in [1.165, 1.54) is 0 Å². The highest BCUT2D eigenvalue weighted by Crippen LogP contribution is 2.23. The van der Waals surface area contributed by atoms with Crippen LogP contribution in [0.25, 0.3) is 0 Å². The first kappa shape index (κ1) is 12.3. The standard InChI is InChI=1S/C11H17ClN2O/c1-11(7-13,8-15-2)14-10-6-4-3-5-9(10)12/h3-6,14H,7-8,13H2,1-2H3. The average molecular weight is 229 g/mol. The normalized spacial score (nSPS) is 14.7. The minimum atomic E-state index is -0.292. The van der Waals surface area contributed by atoms with E-state index < -0.39 is 0 Å². The van der Waals surface area contributed by atoms with E-state index >= 15 is 0 Å². The van der Waals surface area contributed by atoms with Crippen molar-refractivity contribution in [1.29, 1.82) is 0 Å². The van der Waals surface area contributed by atoms with Crippen LogP contribution in [0.5, 0.6) is 0 Å². The molecule has 1 aromatic carbocycles. The van der Waals surface area contributed by atoms with Crippen molar-refractivity contribution in [3.8, 4) is 0 Å². The van der Waals surface area contributed by atoms with Crippen molar-refractivity contribution in [3.05, 3.63) is 29.3 Å². The maximum Gasteiger partial charge on any atom is 0.0702 e. The van der Waals surface area contributed by atoms with Gasteiger partial charge in [-0.3, -0.25) is 0 Å². The van der Waals surface area contributed by atoms with Gasteiger partial charge in [-0.2, -0.15) is 0 Å². The highest BCUT2D eigenvalue weighted by atomic mass is 35.5. The zero-order valence-corrected chi connectivity index (χ0v) is 9.84. The lowest BCUT2D eigenvalue weighted by atomic mass is 10.0. The lowest BCUT2D eigenvalue weighted by Crippen LogP contribution is -2.46. The molecule has 0 radical (unpaired) electrons. The first-order chi connectivity index (χ1) is 7.11. The number of para-hydroxylation sites is 1. The molecule has 0 aromatic heterocycles. The topological polar surface area (TPSA) is 47.3 Å². The molecule has 4 heteroatoms. The number of rotatable bonds is 5. The van der Waals surface area contributed by atoms with Crippen molar-refractivity contribution < 1.29 is 4.74 Å². The predicted octanol–water partition coefficient (Wildman–Crippen LogP) is 2.12. The fraction of sp³-hybridized carbons (Fsp3) is 0.455. The lowest BCUT2D eigenvalue weighted by Gasteiger charge is -2.30. The van der Waals surface area contributed by atoms with Gasteiger partial charge in [-0.1, -0.05) is 23.7 Å². The number of hydrogen-bond donors (Lipinski definition) is 2. The highest BCUT2D eigenvalue weighted by molar-refractivity contribution is 6.33. The largest absolute Gasteiger partial charge is 0.382 e. The number of methoxy groups -OCH3 is 1. The van der Waals surface area contributed by atoms with Crippen LogP contribution in [0.15, 0.2) is 24.3 Å². The van der Waals surface area contributed by atoms with Gasteiger partial charge in [-0.15, -0.1) is 0 Å². The van der Waals surface area contributed by atoms with Gasteiger partial charge in [0, 0.05) is 13.7 Å². The van der Waals surface area contributed by atoms with Gasteiger partial charge in [0.05, 0.1) is 22.9 Å². The van der Waals surface area contributed by atoms with Gasteiger partial charge >= 0.3 is 0 Å². The maximum absolute atomic E-state index is 6.04. The quantitative estimate of drug-likeness (QED) is 0.812. The van der Waals surface area contributed by atoms with Crippen molar-refractivity contribution in [2.45, 2.75) is 12.5 Å². The van der Waals surface area contributed by atoms with Crippen molar-refractivity contribution in [2.75, 3.05) is 25.6 Å². The van der Waals surface area contributed by atoms with Crippen LogP contribution in [-0.2, 0) is 4.74 Å². The third kappa shape index (κ3) is 3.38. The summed E-state index contributed by atoms with van der Waals surface area (Å²) in [5.41, 5.74) is 6.29. The second-order valence-electron chi connectivity index (χ2n) is 3.80. The Morgan fingerprint density at radius 2 is 2.13 bits per heavy atom. The molecule has 3 nitrogen and oxygen atoms in total. The number of nitrogens with one attached hydrogen (secondary N) is 1. The number of ether oxygens (including phenoxy) is 1. The van der Waals surface area contributed by atoms with Crippen LogP contribution in [0.3, 0.4) is 0 Å². The summed E-state index contributed by atoms with van der Waals surface area (Å²) < 4.78 is 5.12. The molecule has 1 atom stereocenters. The summed E-state index contributed by atoms with van der Waals surface area (Å²) in [6.45, 7) is 3.01. The molecule has 0 fully saturated rings. The third-order valence-electron chi connectivity index (χ3n) is 2.22. The molecule has 1 rings (SSSR count). The van der Waals surface area contributed by atoms with Gasteiger partial charge in [-0.05, 0) is 19.1 Å². The van der Waals surface area contributed by atoms with Gasteiger partial charge in [0.15, 0.2) is 0 Å². The number of nitrogens with two attached hydrogens (primary N) is 1. The molecule has 84 valence electrons. The molecule has 1 unspecified atom stereocenters. The second kappa shape index (κ2) is 5.35. The number of benzene rings is 1. The van der Waals surface area contributed by atoms with Crippen LogP contribution in [-0.4, -0.2) is 25.8 Å². The first-order valence-corrected chi connectivity index (χ1v) is 5.21. The Morgan fingerprint density at radius 1 is 1.47 bits per heavy atom. The molecule has 1 aromatic rings. The van der Waals surface area contributed by atoms with Crippen LogP contribution >= 0.6 is 11.6 Å². The molecule has 0 aliphatic heterocycles. The minimum Gasteiger partial charge on any atom is -0.382 e.